The molecule has 47 heavy (non-hydrogen) atoms. The number of aliphatic carboxylic acids is 1. The van der Waals surface area contributed by atoms with Crippen molar-refractivity contribution in [2.45, 2.75) is 108 Å². The Hall–Kier alpha value is -4.22. The topological polar surface area (TPSA) is 163 Å². The maximum atomic E-state index is 14.3. The molecule has 1 aromatic rings. The summed E-state index contributed by atoms with van der Waals surface area (Å²) in [5.74, 6) is -5.07. The molecule has 0 bridgehead atoms. The molecule has 1 unspecified atom stereocenters. The second kappa shape index (κ2) is 13.5. The number of carbonyl (C=O) groups is 5. The summed E-state index contributed by atoms with van der Waals surface area (Å²) in [4.78, 5) is 69.0. The number of benzene rings is 1. The third-order valence-electron chi connectivity index (χ3n) is 9.13. The number of hydrogen-bond acceptors (Lipinski definition) is 8. The molecule has 1 aliphatic carbocycles. The van der Waals surface area contributed by atoms with Gasteiger partial charge >= 0.3 is 18.0 Å². The summed E-state index contributed by atoms with van der Waals surface area (Å²) >= 11 is 0. The van der Waals surface area contributed by atoms with E-state index < -0.39 is 76.9 Å². The highest BCUT2D eigenvalue weighted by Gasteiger charge is 2.61. The molecule has 3 aliphatic heterocycles. The highest BCUT2D eigenvalue weighted by atomic mass is 19.1. The molecule has 3 heterocycles. The van der Waals surface area contributed by atoms with E-state index in [0.29, 0.717) is 24.0 Å². The summed E-state index contributed by atoms with van der Waals surface area (Å²) in [5, 5.41) is 23.3. The number of nitrogens with one attached hydrogen (secondary N) is 1. The maximum absolute atomic E-state index is 14.3. The Labute approximate surface area is 272 Å². The lowest BCUT2D eigenvalue weighted by Crippen LogP contribution is -2.53. The Morgan fingerprint density at radius 1 is 1.15 bits per heavy atom. The highest BCUT2D eigenvalue weighted by molar-refractivity contribution is 5.95. The summed E-state index contributed by atoms with van der Waals surface area (Å²) < 4.78 is 25.5. The normalized spacial score (nSPS) is 29.4. The summed E-state index contributed by atoms with van der Waals surface area (Å²) in [6, 6.07) is 3.39. The van der Waals surface area contributed by atoms with E-state index in [1.165, 1.54) is 15.9 Å². The molecule has 0 aromatic heterocycles. The Morgan fingerprint density at radius 2 is 1.91 bits per heavy atom. The van der Waals surface area contributed by atoms with Crippen molar-refractivity contribution in [3.05, 3.63) is 53.0 Å². The van der Waals surface area contributed by atoms with Crippen LogP contribution in [0.5, 0.6) is 0 Å². The fourth-order valence-electron chi connectivity index (χ4n) is 6.55. The minimum atomic E-state index is -1.58. The van der Waals surface area contributed by atoms with E-state index in [-0.39, 0.29) is 51.7 Å². The van der Waals surface area contributed by atoms with Crippen molar-refractivity contribution in [1.29, 1.82) is 0 Å². The fourth-order valence-corrected chi connectivity index (χ4v) is 6.55. The van der Waals surface area contributed by atoms with E-state index in [2.05, 4.69) is 11.0 Å². The summed E-state index contributed by atoms with van der Waals surface area (Å²) in [7, 11) is 0. The summed E-state index contributed by atoms with van der Waals surface area (Å²) in [6.07, 6.45) is 1.67. The first-order chi connectivity index (χ1) is 22.2. The number of aliphatic hydroxyl groups is 1. The molecular weight excluding hydrogens is 613 g/mol. The molecule has 12 nitrogen and oxygen atoms in total. The van der Waals surface area contributed by atoms with Crippen molar-refractivity contribution in [2.24, 2.45) is 11.8 Å². The molecule has 4 aliphatic rings. The van der Waals surface area contributed by atoms with Crippen molar-refractivity contribution in [2.75, 3.05) is 6.54 Å². The molecule has 3 N–H and O–H groups in total. The number of fused-ring (bicyclic) bond motifs is 3. The van der Waals surface area contributed by atoms with Gasteiger partial charge in [-0.25, -0.2) is 14.0 Å². The van der Waals surface area contributed by atoms with Crippen LogP contribution in [0.4, 0.5) is 9.18 Å². The maximum Gasteiger partial charge on any atom is 0.410 e. The zero-order valence-corrected chi connectivity index (χ0v) is 26.9. The van der Waals surface area contributed by atoms with Crippen LogP contribution in [0.25, 0.3) is 0 Å². The van der Waals surface area contributed by atoms with E-state index in [1.54, 1.807) is 45.1 Å². The van der Waals surface area contributed by atoms with Crippen LogP contribution in [0.3, 0.4) is 0 Å². The third-order valence-corrected chi connectivity index (χ3v) is 9.13. The number of carbonyl (C=O) groups excluding carboxylic acids is 4. The van der Waals surface area contributed by atoms with Crippen LogP contribution < -0.4 is 5.32 Å². The number of carboxylic acids is 1. The average molecular weight is 656 g/mol. The lowest BCUT2D eigenvalue weighted by molar-refractivity contribution is -0.159. The standard InChI is InChI=1S/C34H42FN3O9/c1-33(2,3)47-28(40)14-20-12-13-23(39)10-6-4-5-9-22-16-34(22,31(43)44)36-29(41)27-15-24(18-38(27)30(20)42)46-32(45)37-17-21-8-7-11-26(35)25(21)19-37/h4,7-9,11,20,22-24,27,39H,6,10,12-19H2,1-3H3,(H,36,41)(H,43,44)/t5?,20-,22-,23?,24-,27+,34-/m1/s1. The monoisotopic (exact) mass is 655 g/mol. The van der Waals surface area contributed by atoms with Gasteiger partial charge in [-0.2, -0.15) is 0 Å². The zero-order chi connectivity index (χ0) is 34.1. The van der Waals surface area contributed by atoms with Crippen LogP contribution in [0.15, 0.2) is 36.1 Å². The van der Waals surface area contributed by atoms with E-state index in [0.717, 1.165) is 0 Å². The van der Waals surface area contributed by atoms with Crippen molar-refractivity contribution in [3.8, 4) is 0 Å². The van der Waals surface area contributed by atoms with Crippen molar-refractivity contribution in [1.82, 2.24) is 15.1 Å². The van der Waals surface area contributed by atoms with Gasteiger partial charge in [0.2, 0.25) is 11.8 Å². The lowest BCUT2D eigenvalue weighted by atomic mass is 9.94. The molecule has 1 saturated carbocycles. The number of ether oxygens (including phenoxy) is 2. The van der Waals surface area contributed by atoms with Crippen LogP contribution in [0.2, 0.25) is 0 Å². The SMILES string of the molecule is CC(C)(C)OC(=O)C[C@H]1CCC(O)CCC=C=C[C@@H]2C[C@@]2(C(=O)O)NC(=O)[C@@H]2C[C@@H](OC(=O)N3Cc4cccc(F)c4C3)CN2C1=O. The van der Waals surface area contributed by atoms with Crippen molar-refractivity contribution >= 4 is 29.8 Å². The molecule has 1 saturated heterocycles. The number of esters is 1. The molecule has 2 fully saturated rings. The van der Waals surface area contributed by atoms with Gasteiger partial charge in [0.25, 0.3) is 0 Å². The Morgan fingerprint density at radius 3 is 2.62 bits per heavy atom. The molecule has 13 heteroatoms. The third kappa shape index (κ3) is 7.85. The van der Waals surface area contributed by atoms with Crippen LogP contribution >= 0.6 is 0 Å². The van der Waals surface area contributed by atoms with Crippen LogP contribution in [-0.2, 0) is 41.7 Å². The number of aliphatic hydroxyl groups excluding tert-OH is 1. The second-order valence-corrected chi connectivity index (χ2v) is 13.9. The first-order valence-electron chi connectivity index (χ1n) is 16.1. The van der Waals surface area contributed by atoms with Crippen LogP contribution in [-0.4, -0.2) is 85.8 Å². The minimum Gasteiger partial charge on any atom is -0.479 e. The predicted octanol–water partition coefficient (Wildman–Crippen LogP) is 3.20. The molecule has 1 aromatic carbocycles. The van der Waals surface area contributed by atoms with Gasteiger partial charge in [0.05, 0.1) is 25.6 Å². The Balaban J connectivity index is 1.40. The number of nitrogens with zero attached hydrogens (tertiary/aromatic N) is 2. The van der Waals surface area contributed by atoms with Gasteiger partial charge in [0.1, 0.15) is 29.1 Å². The average Bonchev–Trinajstić information content (AvgIpc) is 3.30. The van der Waals surface area contributed by atoms with Gasteiger partial charge < -0.3 is 29.9 Å². The van der Waals surface area contributed by atoms with Gasteiger partial charge in [0, 0.05) is 30.4 Å². The van der Waals surface area contributed by atoms with Gasteiger partial charge in [0.15, 0.2) is 0 Å². The Kier molecular flexibility index (Phi) is 9.79. The van der Waals surface area contributed by atoms with Gasteiger partial charge in [-0.05, 0) is 76.7 Å². The highest BCUT2D eigenvalue weighted by Crippen LogP contribution is 2.45. The van der Waals surface area contributed by atoms with Gasteiger partial charge in [-0.1, -0.05) is 12.1 Å². The quantitative estimate of drug-likeness (QED) is 0.327. The van der Waals surface area contributed by atoms with Crippen molar-refractivity contribution < 1.29 is 48.0 Å². The van der Waals surface area contributed by atoms with E-state index in [4.69, 9.17) is 9.47 Å². The van der Waals surface area contributed by atoms with E-state index >= 15 is 0 Å². The van der Waals surface area contributed by atoms with E-state index in [1.807, 2.05) is 0 Å². The molecule has 0 radical (unpaired) electrons. The smallest absolute Gasteiger partial charge is 0.410 e. The zero-order valence-electron chi connectivity index (χ0n) is 26.9. The molecular formula is C34H42FN3O9. The molecule has 254 valence electrons. The number of amides is 3. The fraction of sp³-hybridized carbons (Fsp3) is 0.588. The molecule has 0 spiro atoms. The number of halogens is 1. The first kappa shape index (κ1) is 34.1. The van der Waals surface area contributed by atoms with Crippen LogP contribution in [0, 0.1) is 17.7 Å². The van der Waals surface area contributed by atoms with Gasteiger partial charge in [-0.3, -0.25) is 19.3 Å². The second-order valence-electron chi connectivity index (χ2n) is 13.9. The summed E-state index contributed by atoms with van der Waals surface area (Å²) in [5.41, 5.74) is 1.61. The van der Waals surface area contributed by atoms with E-state index in [9.17, 15) is 38.6 Å². The molecule has 5 rings (SSSR count). The number of rotatable bonds is 4. The van der Waals surface area contributed by atoms with Gasteiger partial charge in [-0.15, -0.1) is 5.73 Å². The molecule has 3 amide bonds. The lowest BCUT2D eigenvalue weighted by Gasteiger charge is -2.30. The Bertz CT molecular complexity index is 1500. The predicted molar refractivity (Wildman–Crippen MR) is 164 cm³/mol. The number of hydrogen-bond donors (Lipinski definition) is 3. The van der Waals surface area contributed by atoms with Crippen molar-refractivity contribution in [3.63, 3.8) is 0 Å². The van der Waals surface area contributed by atoms with Crippen LogP contribution in [0.1, 0.15) is 76.8 Å². The minimum absolute atomic E-state index is 0.00485. The number of carboxylic acid groups (broad SMARTS) is 1. The largest absolute Gasteiger partial charge is 0.479 e. The molecule has 6 atom stereocenters. The first-order valence-corrected chi connectivity index (χ1v) is 16.1. The summed E-state index contributed by atoms with van der Waals surface area (Å²) in [6.45, 7) is 5.06.